The van der Waals surface area contributed by atoms with Crippen molar-refractivity contribution in [1.29, 1.82) is 0 Å². The van der Waals surface area contributed by atoms with E-state index < -0.39 is 21.5 Å². The number of halogens is 1. The molecule has 11 heteroatoms. The van der Waals surface area contributed by atoms with E-state index in [-0.39, 0.29) is 22.4 Å². The van der Waals surface area contributed by atoms with Gasteiger partial charge in [0.15, 0.2) is 0 Å². The Balaban J connectivity index is 1.97. The molecule has 0 atom stereocenters. The van der Waals surface area contributed by atoms with E-state index in [2.05, 4.69) is 15.1 Å². The Hall–Kier alpha value is -2.20. The lowest BCUT2D eigenvalue weighted by Gasteiger charge is -2.30. The van der Waals surface area contributed by atoms with Crippen LogP contribution >= 0.6 is 11.6 Å². The number of amides is 1. The SMILES string of the molecule is CC(C)(C)OC(=O)N1CCn2ncc(-c3nc(S(C)(=O)=O)ncc3Cl)c2C1. The van der Waals surface area contributed by atoms with Gasteiger partial charge in [-0.05, 0) is 20.8 Å². The van der Waals surface area contributed by atoms with Crippen LogP contribution in [0.5, 0.6) is 0 Å². The van der Waals surface area contributed by atoms with Crippen LogP contribution in [0.1, 0.15) is 26.5 Å². The highest BCUT2D eigenvalue weighted by Gasteiger charge is 2.29. The summed E-state index contributed by atoms with van der Waals surface area (Å²) < 4.78 is 30.7. The first-order chi connectivity index (χ1) is 12.5. The van der Waals surface area contributed by atoms with Gasteiger partial charge in [-0.1, -0.05) is 11.6 Å². The van der Waals surface area contributed by atoms with E-state index >= 15 is 0 Å². The first-order valence-electron chi connectivity index (χ1n) is 8.21. The Morgan fingerprint density at radius 3 is 2.59 bits per heavy atom. The largest absolute Gasteiger partial charge is 0.444 e. The van der Waals surface area contributed by atoms with Crippen LogP contribution in [0.25, 0.3) is 11.3 Å². The molecule has 146 valence electrons. The third-order valence-electron chi connectivity index (χ3n) is 3.83. The van der Waals surface area contributed by atoms with Crippen LogP contribution < -0.4 is 0 Å². The monoisotopic (exact) mass is 413 g/mol. The van der Waals surface area contributed by atoms with Gasteiger partial charge in [0, 0.05) is 18.4 Å². The van der Waals surface area contributed by atoms with E-state index in [0.29, 0.717) is 24.3 Å². The second-order valence-corrected chi connectivity index (χ2v) is 9.57. The fraction of sp³-hybridized carbons (Fsp3) is 0.500. The molecule has 3 heterocycles. The smallest absolute Gasteiger partial charge is 0.410 e. The standard InChI is InChI=1S/C16H20ClN5O4S/c1-16(2,3)26-15(23)21-5-6-22-12(9-21)10(7-19-22)13-11(17)8-18-14(20-13)27(4,24)25/h7-8H,5-6,9H2,1-4H3. The molecular weight excluding hydrogens is 394 g/mol. The fourth-order valence-corrected chi connectivity index (χ4v) is 3.34. The molecule has 1 aliphatic rings. The third kappa shape index (κ3) is 4.22. The molecule has 2 aromatic heterocycles. The zero-order valence-electron chi connectivity index (χ0n) is 15.4. The molecule has 0 radical (unpaired) electrons. The summed E-state index contributed by atoms with van der Waals surface area (Å²) in [5.74, 6) is 0. The van der Waals surface area contributed by atoms with Crippen LogP contribution in [0.4, 0.5) is 4.79 Å². The number of hydrogen-bond acceptors (Lipinski definition) is 7. The Kier molecular flexibility index (Phi) is 4.89. The lowest BCUT2D eigenvalue weighted by molar-refractivity contribution is 0.0195. The van der Waals surface area contributed by atoms with Crippen molar-refractivity contribution in [3.8, 4) is 11.3 Å². The topological polar surface area (TPSA) is 107 Å². The van der Waals surface area contributed by atoms with Crippen molar-refractivity contribution in [2.75, 3.05) is 12.8 Å². The Bertz CT molecular complexity index is 997. The zero-order chi connectivity index (χ0) is 20.0. The molecule has 0 bridgehead atoms. The molecule has 9 nitrogen and oxygen atoms in total. The molecular formula is C16H20ClN5O4S. The van der Waals surface area contributed by atoms with Gasteiger partial charge >= 0.3 is 6.09 Å². The van der Waals surface area contributed by atoms with Gasteiger partial charge < -0.3 is 9.64 Å². The summed E-state index contributed by atoms with van der Waals surface area (Å²) in [6.45, 7) is 6.60. The van der Waals surface area contributed by atoms with E-state index in [4.69, 9.17) is 16.3 Å². The van der Waals surface area contributed by atoms with E-state index in [1.165, 1.54) is 6.20 Å². The highest BCUT2D eigenvalue weighted by Crippen LogP contribution is 2.31. The first-order valence-corrected chi connectivity index (χ1v) is 10.5. The lowest BCUT2D eigenvalue weighted by atomic mass is 10.1. The van der Waals surface area contributed by atoms with Gasteiger partial charge in [0.1, 0.15) is 5.60 Å². The van der Waals surface area contributed by atoms with E-state index in [9.17, 15) is 13.2 Å². The number of hydrogen-bond donors (Lipinski definition) is 0. The second-order valence-electron chi connectivity index (χ2n) is 7.25. The third-order valence-corrected chi connectivity index (χ3v) is 4.97. The minimum Gasteiger partial charge on any atom is -0.444 e. The highest BCUT2D eigenvalue weighted by molar-refractivity contribution is 7.90. The molecule has 27 heavy (non-hydrogen) atoms. The summed E-state index contributed by atoms with van der Waals surface area (Å²) in [5, 5.41) is 4.19. The average molecular weight is 414 g/mol. The van der Waals surface area contributed by atoms with Crippen LogP contribution in [-0.2, 0) is 27.7 Å². The van der Waals surface area contributed by atoms with Crippen LogP contribution in [-0.4, -0.2) is 57.6 Å². The normalized spacial score (nSPS) is 14.8. The Morgan fingerprint density at radius 2 is 1.96 bits per heavy atom. The molecule has 2 aromatic rings. The number of rotatable bonds is 2. The summed E-state index contributed by atoms with van der Waals surface area (Å²) in [6, 6.07) is 0. The maximum Gasteiger partial charge on any atom is 0.410 e. The van der Waals surface area contributed by atoms with Gasteiger partial charge in [0.25, 0.3) is 0 Å². The lowest BCUT2D eigenvalue weighted by Crippen LogP contribution is -2.41. The molecule has 0 aliphatic carbocycles. The summed E-state index contributed by atoms with van der Waals surface area (Å²) in [7, 11) is -3.59. The van der Waals surface area contributed by atoms with Crippen molar-refractivity contribution in [2.24, 2.45) is 0 Å². The molecule has 0 saturated heterocycles. The molecule has 0 unspecified atom stereocenters. The van der Waals surface area contributed by atoms with Gasteiger partial charge in [-0.15, -0.1) is 0 Å². The van der Waals surface area contributed by atoms with E-state index in [1.54, 1.807) is 36.5 Å². The van der Waals surface area contributed by atoms with E-state index in [1.807, 2.05) is 0 Å². The van der Waals surface area contributed by atoms with Crippen molar-refractivity contribution in [3.63, 3.8) is 0 Å². The maximum atomic E-state index is 12.4. The van der Waals surface area contributed by atoms with E-state index in [0.717, 1.165) is 6.26 Å². The Labute approximate surface area is 162 Å². The highest BCUT2D eigenvalue weighted by atomic mass is 35.5. The van der Waals surface area contributed by atoms with Gasteiger partial charge in [-0.3, -0.25) is 4.68 Å². The molecule has 1 aliphatic heterocycles. The summed E-state index contributed by atoms with van der Waals surface area (Å²) in [6.07, 6.45) is 3.41. The molecule has 0 saturated carbocycles. The van der Waals surface area contributed by atoms with Gasteiger partial charge in [-0.25, -0.2) is 23.2 Å². The van der Waals surface area contributed by atoms with Crippen molar-refractivity contribution in [2.45, 2.75) is 44.6 Å². The predicted octanol–water partition coefficient (Wildman–Crippen LogP) is 2.15. The number of nitrogens with zero attached hydrogens (tertiary/aromatic N) is 5. The average Bonchev–Trinajstić information content (AvgIpc) is 2.95. The summed E-state index contributed by atoms with van der Waals surface area (Å²) in [4.78, 5) is 21.8. The van der Waals surface area contributed by atoms with Crippen LogP contribution in [0.15, 0.2) is 17.6 Å². The quantitative estimate of drug-likeness (QED) is 0.694. The number of fused-ring (bicyclic) bond motifs is 1. The van der Waals surface area contributed by atoms with Crippen molar-refractivity contribution >= 4 is 27.5 Å². The van der Waals surface area contributed by atoms with Gasteiger partial charge in [0.2, 0.25) is 15.0 Å². The van der Waals surface area contributed by atoms with Crippen molar-refractivity contribution in [1.82, 2.24) is 24.6 Å². The molecule has 3 rings (SSSR count). The first kappa shape index (κ1) is 19.6. The molecule has 0 aromatic carbocycles. The number of carbonyl (C=O) groups excluding carboxylic acids is 1. The van der Waals surface area contributed by atoms with Crippen LogP contribution in [0.3, 0.4) is 0 Å². The second kappa shape index (κ2) is 6.75. The minimum atomic E-state index is -3.59. The van der Waals surface area contributed by atoms with Gasteiger partial charge in [0.05, 0.1) is 41.9 Å². The summed E-state index contributed by atoms with van der Waals surface area (Å²) in [5.41, 5.74) is 0.921. The molecule has 1 amide bonds. The number of sulfone groups is 1. The minimum absolute atomic E-state index is 0.201. The van der Waals surface area contributed by atoms with Crippen LogP contribution in [0.2, 0.25) is 5.02 Å². The van der Waals surface area contributed by atoms with Gasteiger partial charge in [-0.2, -0.15) is 5.10 Å². The maximum absolute atomic E-state index is 12.4. The molecule has 0 N–H and O–H groups in total. The number of aromatic nitrogens is 4. The molecule has 0 spiro atoms. The zero-order valence-corrected chi connectivity index (χ0v) is 17.0. The number of ether oxygens (including phenoxy) is 1. The van der Waals surface area contributed by atoms with Crippen LogP contribution in [0, 0.1) is 0 Å². The number of carbonyl (C=O) groups is 1. The predicted molar refractivity (Wildman–Crippen MR) is 98.0 cm³/mol. The van der Waals surface area contributed by atoms with Crippen molar-refractivity contribution in [3.05, 3.63) is 23.1 Å². The van der Waals surface area contributed by atoms with Crippen molar-refractivity contribution < 1.29 is 17.9 Å². The fourth-order valence-electron chi connectivity index (χ4n) is 2.64. The molecule has 0 fully saturated rings. The Morgan fingerprint density at radius 1 is 1.26 bits per heavy atom. The summed E-state index contributed by atoms with van der Waals surface area (Å²) >= 11 is 6.20.